The molecule has 45 heavy (non-hydrogen) atoms. The predicted molar refractivity (Wildman–Crippen MR) is 172 cm³/mol. The number of amides is 2. The number of carbonyl (C=O) groups is 3. The van der Waals surface area contributed by atoms with E-state index in [0.717, 1.165) is 50.6 Å². The fourth-order valence-corrected chi connectivity index (χ4v) is 7.94. The Kier molecular flexibility index (Phi) is 7.85. The topological polar surface area (TPSA) is 105 Å². The summed E-state index contributed by atoms with van der Waals surface area (Å²) in [5.74, 6) is -1.76. The summed E-state index contributed by atoms with van der Waals surface area (Å²) < 4.78 is 9.42. The molecule has 2 unspecified atom stereocenters. The molecule has 232 valence electrons. The Morgan fingerprint density at radius 3 is 2.67 bits per heavy atom. The van der Waals surface area contributed by atoms with E-state index in [-0.39, 0.29) is 18.4 Å². The smallest absolute Gasteiger partial charge is 0.307 e. The molecule has 0 spiro atoms. The summed E-state index contributed by atoms with van der Waals surface area (Å²) in [4.78, 5) is 48.3. The number of rotatable bonds is 7. The van der Waals surface area contributed by atoms with Crippen LogP contribution < -0.4 is 4.74 Å². The maximum Gasteiger partial charge on any atom is 0.307 e. The van der Waals surface area contributed by atoms with Crippen molar-refractivity contribution in [2.75, 3.05) is 13.1 Å². The Balaban J connectivity index is 1.25. The van der Waals surface area contributed by atoms with Gasteiger partial charge in [0.2, 0.25) is 5.91 Å². The van der Waals surface area contributed by atoms with E-state index in [1.165, 1.54) is 0 Å². The second-order valence-electron chi connectivity index (χ2n) is 12.4. The number of carboxylic acids is 1. The van der Waals surface area contributed by atoms with Crippen molar-refractivity contribution in [3.05, 3.63) is 93.2 Å². The van der Waals surface area contributed by atoms with E-state index >= 15 is 0 Å². The highest BCUT2D eigenvalue weighted by atomic mass is 79.9. The SMILES string of the molecule is Cn1cnc2cc(COc3ccc(Br)c4c3[C@@H](CN3Cc5ccccc5C3=O)N(C(=O)C3CCCCC3C(=O)O)CC4)ccc21. The normalized spacial score (nSPS) is 21.1. The lowest BCUT2D eigenvalue weighted by molar-refractivity contribution is -0.153. The van der Waals surface area contributed by atoms with Crippen LogP contribution in [0.2, 0.25) is 0 Å². The molecular formula is C35H35BrN4O5. The number of benzene rings is 3. The third-order valence-corrected chi connectivity index (χ3v) is 10.5. The van der Waals surface area contributed by atoms with Crippen molar-refractivity contribution in [3.63, 3.8) is 0 Å². The Labute approximate surface area is 269 Å². The number of carbonyl (C=O) groups excluding carboxylic acids is 2. The summed E-state index contributed by atoms with van der Waals surface area (Å²) in [7, 11) is 1.96. The second-order valence-corrected chi connectivity index (χ2v) is 13.2. The van der Waals surface area contributed by atoms with E-state index in [0.29, 0.717) is 50.3 Å². The maximum absolute atomic E-state index is 14.4. The quantitative estimate of drug-likeness (QED) is 0.263. The molecular weight excluding hydrogens is 636 g/mol. The van der Waals surface area contributed by atoms with Crippen molar-refractivity contribution < 1.29 is 24.2 Å². The fraction of sp³-hybridized carbons (Fsp3) is 0.371. The predicted octanol–water partition coefficient (Wildman–Crippen LogP) is 5.89. The monoisotopic (exact) mass is 670 g/mol. The largest absolute Gasteiger partial charge is 0.489 e. The number of carboxylic acid groups (broad SMARTS) is 1. The van der Waals surface area contributed by atoms with E-state index in [1.54, 1.807) is 11.2 Å². The van der Waals surface area contributed by atoms with E-state index in [9.17, 15) is 19.5 Å². The minimum absolute atomic E-state index is 0.0627. The molecule has 10 heteroatoms. The minimum Gasteiger partial charge on any atom is -0.489 e. The van der Waals surface area contributed by atoms with Crippen LogP contribution >= 0.6 is 15.9 Å². The molecule has 1 N–H and O–H groups in total. The van der Waals surface area contributed by atoms with Gasteiger partial charge in [-0.15, -0.1) is 0 Å². The number of nitrogens with zero attached hydrogens (tertiary/aromatic N) is 4. The molecule has 1 fully saturated rings. The first-order valence-corrected chi connectivity index (χ1v) is 16.3. The van der Waals surface area contributed by atoms with Gasteiger partial charge in [0.05, 0.1) is 35.2 Å². The summed E-state index contributed by atoms with van der Waals surface area (Å²) in [6.07, 6.45) is 5.07. The van der Waals surface area contributed by atoms with Gasteiger partial charge >= 0.3 is 5.97 Å². The molecule has 1 aromatic heterocycles. The highest BCUT2D eigenvalue weighted by molar-refractivity contribution is 9.10. The molecule has 0 bridgehead atoms. The summed E-state index contributed by atoms with van der Waals surface area (Å²) in [6, 6.07) is 17.1. The fourth-order valence-electron chi connectivity index (χ4n) is 7.40. The van der Waals surface area contributed by atoms with E-state index in [2.05, 4.69) is 20.9 Å². The van der Waals surface area contributed by atoms with Crippen LogP contribution in [0.5, 0.6) is 5.75 Å². The average Bonchev–Trinajstić information content (AvgIpc) is 3.58. The van der Waals surface area contributed by atoms with Gasteiger partial charge in [-0.3, -0.25) is 14.4 Å². The zero-order valence-corrected chi connectivity index (χ0v) is 26.7. The number of aryl methyl sites for hydroxylation is 1. The van der Waals surface area contributed by atoms with Gasteiger partial charge in [-0.2, -0.15) is 0 Å². The Morgan fingerprint density at radius 2 is 1.87 bits per heavy atom. The lowest BCUT2D eigenvalue weighted by atomic mass is 9.77. The molecule has 3 atom stereocenters. The number of halogens is 1. The standard InChI is InChI=1S/C35H35BrN4O5/c1-38-20-37-28-16-21(10-12-29(28)38)19-45-31-13-11-27(36)26-14-15-40(34(42)24-8-4-5-9-25(24)35(43)44)30(32(26)31)18-39-17-22-6-2-3-7-23(22)33(39)41/h2-3,6-7,10-13,16,20,24-25,30H,4-5,8-9,14-15,17-19H2,1H3,(H,43,44)/t24?,25?,30-/m1/s1. The van der Waals surface area contributed by atoms with Gasteiger partial charge in [0.25, 0.3) is 5.91 Å². The van der Waals surface area contributed by atoms with Crippen molar-refractivity contribution in [3.8, 4) is 5.75 Å². The molecule has 7 rings (SSSR count). The highest BCUT2D eigenvalue weighted by Gasteiger charge is 2.44. The number of hydrogen-bond acceptors (Lipinski definition) is 5. The number of fused-ring (bicyclic) bond motifs is 3. The lowest BCUT2D eigenvalue weighted by Crippen LogP contribution is -2.50. The van der Waals surface area contributed by atoms with Crippen molar-refractivity contribution >= 4 is 44.7 Å². The molecule has 2 amide bonds. The van der Waals surface area contributed by atoms with E-state index in [4.69, 9.17) is 4.74 Å². The summed E-state index contributed by atoms with van der Waals surface area (Å²) in [5, 5.41) is 10.0. The third-order valence-electron chi connectivity index (χ3n) is 9.73. The van der Waals surface area contributed by atoms with E-state index < -0.39 is 23.8 Å². The molecule has 4 aromatic rings. The molecule has 9 nitrogen and oxygen atoms in total. The molecule has 0 saturated heterocycles. The second kappa shape index (κ2) is 12.0. The Bertz CT molecular complexity index is 1820. The summed E-state index contributed by atoms with van der Waals surface area (Å²) in [5.41, 5.74) is 6.45. The Morgan fingerprint density at radius 1 is 1.07 bits per heavy atom. The van der Waals surface area contributed by atoms with E-state index in [1.807, 2.05) is 71.1 Å². The van der Waals surface area contributed by atoms with Gasteiger partial charge in [-0.25, -0.2) is 4.98 Å². The van der Waals surface area contributed by atoms with Crippen LogP contribution in [0.25, 0.3) is 11.0 Å². The van der Waals surface area contributed by atoms with Crippen LogP contribution in [0.3, 0.4) is 0 Å². The van der Waals surface area contributed by atoms with Crippen molar-refractivity contribution in [1.29, 1.82) is 0 Å². The van der Waals surface area contributed by atoms with Crippen LogP contribution in [0.1, 0.15) is 64.3 Å². The van der Waals surface area contributed by atoms with Crippen LogP contribution in [0, 0.1) is 11.8 Å². The zero-order chi connectivity index (χ0) is 31.2. The van der Waals surface area contributed by atoms with Gasteiger partial charge in [0, 0.05) is 42.3 Å². The van der Waals surface area contributed by atoms with Gasteiger partial charge in [0.1, 0.15) is 12.4 Å². The molecule has 0 radical (unpaired) electrons. The van der Waals surface area contributed by atoms with Gasteiger partial charge in [-0.1, -0.05) is 53.0 Å². The van der Waals surface area contributed by atoms with Crippen molar-refractivity contribution in [1.82, 2.24) is 19.4 Å². The first-order valence-electron chi connectivity index (χ1n) is 15.5. The third kappa shape index (κ3) is 5.39. The molecule has 2 aliphatic heterocycles. The number of imidazole rings is 1. The first kappa shape index (κ1) is 29.5. The van der Waals surface area contributed by atoms with Gasteiger partial charge < -0.3 is 24.2 Å². The van der Waals surface area contributed by atoms with Crippen LogP contribution in [0.15, 0.2) is 65.4 Å². The average molecular weight is 672 g/mol. The number of ether oxygens (including phenoxy) is 1. The first-order chi connectivity index (χ1) is 21.8. The van der Waals surface area contributed by atoms with Crippen molar-refractivity contribution in [2.24, 2.45) is 18.9 Å². The van der Waals surface area contributed by atoms with Gasteiger partial charge in [-0.05, 0) is 66.3 Å². The van der Waals surface area contributed by atoms with Gasteiger partial charge in [0.15, 0.2) is 0 Å². The molecule has 3 aromatic carbocycles. The number of hydrogen-bond donors (Lipinski definition) is 1. The number of aromatic nitrogens is 2. The van der Waals surface area contributed by atoms with Crippen LogP contribution in [-0.2, 0) is 36.2 Å². The molecule has 1 aliphatic carbocycles. The van der Waals surface area contributed by atoms with Crippen molar-refractivity contribution in [2.45, 2.75) is 51.3 Å². The van der Waals surface area contributed by atoms with Crippen LogP contribution in [-0.4, -0.2) is 55.3 Å². The molecule has 3 heterocycles. The summed E-state index contributed by atoms with van der Waals surface area (Å²) in [6.45, 7) is 1.48. The zero-order valence-electron chi connectivity index (χ0n) is 25.1. The highest BCUT2D eigenvalue weighted by Crippen LogP contribution is 2.44. The summed E-state index contributed by atoms with van der Waals surface area (Å²) >= 11 is 3.75. The van der Waals surface area contributed by atoms with Crippen LogP contribution in [0.4, 0.5) is 0 Å². The maximum atomic E-state index is 14.4. The number of aliphatic carboxylic acids is 1. The molecule has 1 saturated carbocycles. The minimum atomic E-state index is -0.913. The molecule has 3 aliphatic rings. The Hall–Kier alpha value is -4.18. The lowest BCUT2D eigenvalue weighted by Gasteiger charge is -2.43.